The monoisotopic (exact) mass is 464 g/mol. The second-order valence-corrected chi connectivity index (χ2v) is 8.05. The molecular weight excluding hydrogens is 436 g/mol. The van der Waals surface area contributed by atoms with Crippen molar-refractivity contribution in [3.8, 4) is 11.1 Å². The normalized spacial score (nSPS) is 10.5. The van der Waals surface area contributed by atoms with Crippen LogP contribution < -0.4 is 10.5 Å². The number of aliphatic hydroxyl groups is 1. The van der Waals surface area contributed by atoms with Gasteiger partial charge in [-0.1, -0.05) is 60.7 Å². The van der Waals surface area contributed by atoms with Crippen LogP contribution in [0.3, 0.4) is 0 Å². The first-order chi connectivity index (χ1) is 17.2. The summed E-state index contributed by atoms with van der Waals surface area (Å²) in [6.45, 7) is 3.43. The van der Waals surface area contributed by atoms with Crippen molar-refractivity contribution in [1.82, 2.24) is 4.98 Å². The standard InChI is InChI=1S/C28H22N2O2.C2H6O/c31-28-26(23-13-15-29-16-14-23)17-24-11-12-25(18-27(24)32-28)30(19-21-7-3-1-4-8-21)20-22-9-5-2-6-10-22;1-2-3/h1-18H,19-20H2;3H,2H2,1H3. The van der Waals surface area contributed by atoms with Gasteiger partial charge in [-0.25, -0.2) is 4.79 Å². The maximum Gasteiger partial charge on any atom is 0.344 e. The van der Waals surface area contributed by atoms with Crippen molar-refractivity contribution in [1.29, 1.82) is 0 Å². The molecule has 0 aliphatic carbocycles. The topological polar surface area (TPSA) is 66.6 Å². The van der Waals surface area contributed by atoms with Gasteiger partial charge in [0.05, 0.1) is 5.56 Å². The summed E-state index contributed by atoms with van der Waals surface area (Å²) in [5, 5.41) is 8.46. The molecule has 5 aromatic rings. The molecule has 0 bridgehead atoms. The van der Waals surface area contributed by atoms with Crippen LogP contribution in [0.1, 0.15) is 18.1 Å². The molecule has 3 aromatic carbocycles. The van der Waals surface area contributed by atoms with E-state index in [0.29, 0.717) is 11.1 Å². The van der Waals surface area contributed by atoms with E-state index in [1.807, 2.05) is 42.5 Å². The Morgan fingerprint density at radius 1 is 0.800 bits per heavy atom. The highest BCUT2D eigenvalue weighted by molar-refractivity contribution is 5.84. The van der Waals surface area contributed by atoms with Gasteiger partial charge >= 0.3 is 5.63 Å². The SMILES string of the molecule is CCO.O=c1oc2cc(N(Cc3ccccc3)Cc3ccccc3)ccc2cc1-c1ccncc1. The minimum absolute atomic E-state index is 0.250. The van der Waals surface area contributed by atoms with Crippen LogP contribution in [0.2, 0.25) is 0 Å². The van der Waals surface area contributed by atoms with E-state index in [1.165, 1.54) is 11.1 Å². The molecule has 0 aliphatic heterocycles. The van der Waals surface area contributed by atoms with Crippen molar-refractivity contribution < 1.29 is 9.52 Å². The zero-order valence-corrected chi connectivity index (χ0v) is 19.7. The lowest BCUT2D eigenvalue weighted by Crippen LogP contribution is -2.22. The van der Waals surface area contributed by atoms with Gasteiger partial charge < -0.3 is 14.4 Å². The number of anilines is 1. The lowest BCUT2D eigenvalue weighted by Gasteiger charge is -2.25. The number of pyridine rings is 1. The summed E-state index contributed by atoms with van der Waals surface area (Å²) >= 11 is 0. The molecule has 0 aliphatic rings. The Hall–Kier alpha value is -4.22. The van der Waals surface area contributed by atoms with Crippen molar-refractivity contribution in [2.24, 2.45) is 0 Å². The molecule has 35 heavy (non-hydrogen) atoms. The van der Waals surface area contributed by atoms with Gasteiger partial charge in [-0.3, -0.25) is 4.98 Å². The Morgan fingerprint density at radius 3 is 1.94 bits per heavy atom. The minimum atomic E-state index is -0.349. The van der Waals surface area contributed by atoms with Crippen molar-refractivity contribution in [3.63, 3.8) is 0 Å². The zero-order valence-electron chi connectivity index (χ0n) is 19.7. The lowest BCUT2D eigenvalue weighted by molar-refractivity contribution is 0.318. The quantitative estimate of drug-likeness (QED) is 0.309. The van der Waals surface area contributed by atoms with E-state index >= 15 is 0 Å². The van der Waals surface area contributed by atoms with Gasteiger partial charge in [-0.2, -0.15) is 0 Å². The maximum absolute atomic E-state index is 12.7. The first kappa shape index (κ1) is 23.9. The van der Waals surface area contributed by atoms with Gasteiger partial charge in [0.15, 0.2) is 0 Å². The molecule has 1 N–H and O–H groups in total. The van der Waals surface area contributed by atoms with Crippen LogP contribution in [0.4, 0.5) is 5.69 Å². The molecular formula is C30H28N2O3. The van der Waals surface area contributed by atoms with E-state index in [1.54, 1.807) is 19.3 Å². The predicted molar refractivity (Wildman–Crippen MR) is 141 cm³/mol. The Labute approximate surface area is 204 Å². The number of hydrogen-bond acceptors (Lipinski definition) is 5. The molecule has 0 fully saturated rings. The fraction of sp³-hybridized carbons (Fsp3) is 0.133. The van der Waals surface area contributed by atoms with Crippen molar-refractivity contribution in [2.45, 2.75) is 20.0 Å². The number of nitrogens with zero attached hydrogens (tertiary/aromatic N) is 2. The molecule has 5 nitrogen and oxygen atoms in total. The number of benzene rings is 3. The molecule has 5 rings (SSSR count). The van der Waals surface area contributed by atoms with Crippen LogP contribution in [0.15, 0.2) is 119 Å². The number of aromatic nitrogens is 1. The Morgan fingerprint density at radius 2 is 1.37 bits per heavy atom. The van der Waals surface area contributed by atoms with Crippen LogP contribution in [0.25, 0.3) is 22.1 Å². The highest BCUT2D eigenvalue weighted by atomic mass is 16.4. The molecule has 2 heterocycles. The fourth-order valence-corrected chi connectivity index (χ4v) is 3.88. The van der Waals surface area contributed by atoms with Crippen LogP contribution in [0.5, 0.6) is 0 Å². The van der Waals surface area contributed by atoms with E-state index in [9.17, 15) is 4.79 Å². The molecule has 0 atom stereocenters. The van der Waals surface area contributed by atoms with Crippen molar-refractivity contribution >= 4 is 16.7 Å². The third kappa shape index (κ3) is 6.22. The second kappa shape index (κ2) is 11.8. The van der Waals surface area contributed by atoms with Gasteiger partial charge in [0.2, 0.25) is 0 Å². The molecule has 0 unspecified atom stereocenters. The van der Waals surface area contributed by atoms with Crippen LogP contribution >= 0.6 is 0 Å². The first-order valence-corrected chi connectivity index (χ1v) is 11.6. The summed E-state index contributed by atoms with van der Waals surface area (Å²) in [5.41, 5.74) is 5.02. The highest BCUT2D eigenvalue weighted by Crippen LogP contribution is 2.27. The largest absolute Gasteiger partial charge is 0.422 e. The van der Waals surface area contributed by atoms with E-state index in [4.69, 9.17) is 9.52 Å². The summed E-state index contributed by atoms with van der Waals surface area (Å²) in [6.07, 6.45) is 3.35. The summed E-state index contributed by atoms with van der Waals surface area (Å²) < 4.78 is 5.74. The molecule has 176 valence electrons. The maximum atomic E-state index is 12.7. The van der Waals surface area contributed by atoms with Gasteiger partial charge in [-0.05, 0) is 53.9 Å². The average Bonchev–Trinajstić information content (AvgIpc) is 2.90. The van der Waals surface area contributed by atoms with E-state index in [0.717, 1.165) is 29.7 Å². The highest BCUT2D eigenvalue weighted by Gasteiger charge is 2.13. The Kier molecular flexibility index (Phi) is 8.04. The van der Waals surface area contributed by atoms with Gasteiger partial charge in [0, 0.05) is 49.2 Å². The minimum Gasteiger partial charge on any atom is -0.422 e. The van der Waals surface area contributed by atoms with E-state index < -0.39 is 0 Å². The molecule has 0 saturated heterocycles. The molecule has 0 amide bonds. The summed E-state index contributed by atoms with van der Waals surface area (Å²) in [4.78, 5) is 19.0. The second-order valence-electron chi connectivity index (χ2n) is 8.05. The first-order valence-electron chi connectivity index (χ1n) is 11.6. The van der Waals surface area contributed by atoms with Crippen molar-refractivity contribution in [2.75, 3.05) is 11.5 Å². The molecule has 5 heteroatoms. The predicted octanol–water partition coefficient (Wildman–Crippen LogP) is 6.06. The molecule has 2 aromatic heterocycles. The van der Waals surface area contributed by atoms with Crippen molar-refractivity contribution in [3.05, 3.63) is 131 Å². The third-order valence-electron chi connectivity index (χ3n) is 5.51. The van der Waals surface area contributed by atoms with Crippen LogP contribution in [-0.4, -0.2) is 16.7 Å². The Bertz CT molecular complexity index is 1360. The molecule has 0 spiro atoms. The molecule has 0 saturated carbocycles. The van der Waals surface area contributed by atoms with Crippen LogP contribution in [-0.2, 0) is 13.1 Å². The van der Waals surface area contributed by atoms with E-state index in [-0.39, 0.29) is 12.2 Å². The number of hydrogen-bond donors (Lipinski definition) is 1. The fourth-order valence-electron chi connectivity index (χ4n) is 3.88. The van der Waals surface area contributed by atoms with E-state index in [2.05, 4.69) is 64.5 Å². The van der Waals surface area contributed by atoms with Gasteiger partial charge in [-0.15, -0.1) is 0 Å². The average molecular weight is 465 g/mol. The van der Waals surface area contributed by atoms with Gasteiger partial charge in [0.1, 0.15) is 5.58 Å². The van der Waals surface area contributed by atoms with Gasteiger partial charge in [0.25, 0.3) is 0 Å². The number of aliphatic hydroxyl groups excluding tert-OH is 1. The lowest BCUT2D eigenvalue weighted by atomic mass is 10.1. The summed E-state index contributed by atoms with van der Waals surface area (Å²) in [5.74, 6) is 0. The summed E-state index contributed by atoms with van der Waals surface area (Å²) in [6, 6.07) is 32.3. The zero-order chi connectivity index (χ0) is 24.5. The number of fused-ring (bicyclic) bond motifs is 1. The summed E-state index contributed by atoms with van der Waals surface area (Å²) in [7, 11) is 0. The molecule has 0 radical (unpaired) electrons. The van der Waals surface area contributed by atoms with Crippen LogP contribution in [0, 0.1) is 0 Å². The number of rotatable bonds is 6. The Balaban J connectivity index is 0.000000917. The third-order valence-corrected chi connectivity index (χ3v) is 5.51. The smallest absolute Gasteiger partial charge is 0.344 e.